The van der Waals surface area contributed by atoms with Crippen molar-refractivity contribution in [3.63, 3.8) is 0 Å². The molecule has 3 rings (SSSR count). The first-order chi connectivity index (χ1) is 13.8. The predicted octanol–water partition coefficient (Wildman–Crippen LogP) is 2.03. The molecule has 0 radical (unpaired) electrons. The zero-order valence-corrected chi connectivity index (χ0v) is 17.4. The Labute approximate surface area is 172 Å². The maximum atomic E-state index is 12.8. The molecule has 0 spiro atoms. The molecule has 0 heterocycles. The first-order valence-corrected chi connectivity index (χ1v) is 11.6. The number of carbonyl (C=O) groups is 3. The molecule has 0 bridgehead atoms. The molecule has 2 aromatic carbocycles. The molecular weight excluding hydrogens is 414 g/mol. The maximum Gasteiger partial charge on any atom is 0.323 e. The van der Waals surface area contributed by atoms with Gasteiger partial charge in [-0.05, 0) is 36.6 Å². The summed E-state index contributed by atoms with van der Waals surface area (Å²) in [5.41, 5.74) is 0.705. The molecule has 0 saturated carbocycles. The minimum absolute atomic E-state index is 0.0234. The third-order valence-corrected chi connectivity index (χ3v) is 6.71. The van der Waals surface area contributed by atoms with Gasteiger partial charge >= 0.3 is 5.97 Å². The summed E-state index contributed by atoms with van der Waals surface area (Å²) in [6.07, 6.45) is 2.09. The summed E-state index contributed by atoms with van der Waals surface area (Å²) >= 11 is 1.47. The Morgan fingerprint density at radius 3 is 2.21 bits per heavy atom. The Bertz CT molecular complexity index is 1090. The SMILES string of the molecule is COC(=O)C(CCSC)NS(=O)(=O)c1ccc2c(c1)C(=O)c1ccccc1C2=O. The summed E-state index contributed by atoms with van der Waals surface area (Å²) in [4.78, 5) is 37.2. The van der Waals surface area contributed by atoms with Crippen LogP contribution in [-0.2, 0) is 19.6 Å². The molecule has 9 heteroatoms. The molecule has 1 atom stereocenters. The van der Waals surface area contributed by atoms with Gasteiger partial charge in [0.15, 0.2) is 11.6 Å². The van der Waals surface area contributed by atoms with Gasteiger partial charge in [-0.3, -0.25) is 14.4 Å². The van der Waals surface area contributed by atoms with Gasteiger partial charge in [-0.25, -0.2) is 8.42 Å². The van der Waals surface area contributed by atoms with Gasteiger partial charge in [-0.15, -0.1) is 0 Å². The number of thioether (sulfide) groups is 1. The van der Waals surface area contributed by atoms with E-state index in [1.807, 2.05) is 6.26 Å². The van der Waals surface area contributed by atoms with E-state index >= 15 is 0 Å². The van der Waals surface area contributed by atoms with Crippen molar-refractivity contribution in [2.24, 2.45) is 0 Å². The van der Waals surface area contributed by atoms with E-state index in [0.717, 1.165) is 0 Å². The molecule has 29 heavy (non-hydrogen) atoms. The number of benzene rings is 2. The number of fused-ring (bicyclic) bond motifs is 2. The number of carbonyl (C=O) groups excluding carboxylic acids is 3. The maximum absolute atomic E-state index is 12.8. The van der Waals surface area contributed by atoms with Crippen LogP contribution in [0.3, 0.4) is 0 Å². The van der Waals surface area contributed by atoms with Crippen molar-refractivity contribution in [1.82, 2.24) is 4.72 Å². The normalized spacial score (nSPS) is 14.1. The van der Waals surface area contributed by atoms with Crippen LogP contribution in [0.4, 0.5) is 0 Å². The highest BCUT2D eigenvalue weighted by Crippen LogP contribution is 2.29. The molecule has 7 nitrogen and oxygen atoms in total. The second kappa shape index (κ2) is 8.48. The van der Waals surface area contributed by atoms with E-state index < -0.39 is 27.8 Å². The number of hydrogen-bond acceptors (Lipinski definition) is 7. The van der Waals surface area contributed by atoms with Crippen LogP contribution < -0.4 is 4.72 Å². The average Bonchev–Trinajstić information content (AvgIpc) is 2.73. The van der Waals surface area contributed by atoms with Gasteiger partial charge in [0.25, 0.3) is 0 Å². The number of esters is 1. The Morgan fingerprint density at radius 2 is 1.62 bits per heavy atom. The zero-order chi connectivity index (χ0) is 21.2. The monoisotopic (exact) mass is 433 g/mol. The zero-order valence-electron chi connectivity index (χ0n) is 15.8. The molecule has 0 aromatic heterocycles. The van der Waals surface area contributed by atoms with Gasteiger partial charge in [-0.1, -0.05) is 24.3 Å². The highest BCUT2D eigenvalue weighted by molar-refractivity contribution is 7.98. The van der Waals surface area contributed by atoms with Crippen LogP contribution >= 0.6 is 11.8 Å². The minimum Gasteiger partial charge on any atom is -0.468 e. The average molecular weight is 434 g/mol. The van der Waals surface area contributed by atoms with Crippen molar-refractivity contribution in [1.29, 1.82) is 0 Å². The topological polar surface area (TPSA) is 107 Å². The van der Waals surface area contributed by atoms with Crippen LogP contribution in [0.25, 0.3) is 0 Å². The number of rotatable bonds is 7. The largest absolute Gasteiger partial charge is 0.468 e. The Morgan fingerprint density at radius 1 is 1.03 bits per heavy atom. The van der Waals surface area contributed by atoms with Crippen molar-refractivity contribution < 1.29 is 27.5 Å². The second-order valence-electron chi connectivity index (χ2n) is 6.39. The number of hydrogen-bond donors (Lipinski definition) is 1. The van der Waals surface area contributed by atoms with Crippen LogP contribution in [0, 0.1) is 0 Å². The van der Waals surface area contributed by atoms with E-state index in [4.69, 9.17) is 0 Å². The number of ether oxygens (including phenoxy) is 1. The summed E-state index contributed by atoms with van der Waals surface area (Å²) in [5.74, 6) is -0.893. The van der Waals surface area contributed by atoms with Crippen molar-refractivity contribution in [2.75, 3.05) is 19.1 Å². The molecule has 1 unspecified atom stereocenters. The summed E-state index contributed by atoms with van der Waals surface area (Å²) in [7, 11) is -2.94. The van der Waals surface area contributed by atoms with Crippen molar-refractivity contribution >= 4 is 39.3 Å². The lowest BCUT2D eigenvalue weighted by Crippen LogP contribution is -2.42. The third kappa shape index (κ3) is 4.12. The minimum atomic E-state index is -4.12. The fourth-order valence-electron chi connectivity index (χ4n) is 3.10. The van der Waals surface area contributed by atoms with Crippen LogP contribution in [0.5, 0.6) is 0 Å². The lowest BCUT2D eigenvalue weighted by Gasteiger charge is -2.19. The molecule has 2 aromatic rings. The third-order valence-electron chi connectivity index (χ3n) is 4.60. The summed E-state index contributed by atoms with van der Waals surface area (Å²) in [6.45, 7) is 0. The van der Waals surface area contributed by atoms with Crippen molar-refractivity contribution in [3.05, 3.63) is 64.7 Å². The molecule has 152 valence electrons. The predicted molar refractivity (Wildman–Crippen MR) is 109 cm³/mol. The first-order valence-electron chi connectivity index (χ1n) is 8.71. The van der Waals surface area contributed by atoms with Gasteiger partial charge in [0.05, 0.1) is 12.0 Å². The Hall–Kier alpha value is -2.49. The highest BCUT2D eigenvalue weighted by atomic mass is 32.2. The van der Waals surface area contributed by atoms with E-state index in [9.17, 15) is 22.8 Å². The fraction of sp³-hybridized carbons (Fsp3) is 0.250. The Balaban J connectivity index is 1.97. The van der Waals surface area contributed by atoms with Gasteiger partial charge < -0.3 is 4.74 Å². The molecule has 1 aliphatic rings. The smallest absolute Gasteiger partial charge is 0.323 e. The van der Waals surface area contributed by atoms with E-state index in [-0.39, 0.29) is 33.8 Å². The van der Waals surface area contributed by atoms with Gasteiger partial charge in [0, 0.05) is 22.3 Å². The highest BCUT2D eigenvalue weighted by Gasteiger charge is 2.32. The molecule has 1 aliphatic carbocycles. The lowest BCUT2D eigenvalue weighted by molar-refractivity contribution is -0.142. The number of methoxy groups -OCH3 is 1. The molecule has 0 amide bonds. The van der Waals surface area contributed by atoms with Crippen LogP contribution in [-0.4, -0.2) is 51.1 Å². The first kappa shape index (κ1) is 21.2. The Kier molecular flexibility index (Phi) is 6.21. The van der Waals surface area contributed by atoms with Gasteiger partial charge in [0.2, 0.25) is 10.0 Å². The molecule has 0 saturated heterocycles. The number of ketones is 2. The van der Waals surface area contributed by atoms with Crippen molar-refractivity contribution in [2.45, 2.75) is 17.4 Å². The van der Waals surface area contributed by atoms with E-state index in [1.165, 1.54) is 43.1 Å². The summed E-state index contributed by atoms with van der Waals surface area (Å²) < 4.78 is 32.7. The van der Waals surface area contributed by atoms with Gasteiger partial charge in [0.1, 0.15) is 6.04 Å². The number of nitrogens with one attached hydrogen (secondary N) is 1. The van der Waals surface area contributed by atoms with Crippen molar-refractivity contribution in [3.8, 4) is 0 Å². The fourth-order valence-corrected chi connectivity index (χ4v) is 4.82. The van der Waals surface area contributed by atoms with E-state index in [2.05, 4.69) is 9.46 Å². The summed E-state index contributed by atoms with van der Waals surface area (Å²) in [5, 5.41) is 0. The van der Waals surface area contributed by atoms with E-state index in [1.54, 1.807) is 18.2 Å². The molecule has 0 aliphatic heterocycles. The van der Waals surface area contributed by atoms with Gasteiger partial charge in [-0.2, -0.15) is 16.5 Å². The standard InChI is InChI=1S/C20H19NO6S2/c1-27-20(24)17(9-10-28-2)21-29(25,26)12-7-8-15-16(11-12)19(23)14-6-4-3-5-13(14)18(15)22/h3-8,11,17,21H,9-10H2,1-2H3. The quantitative estimate of drug-likeness (QED) is 0.568. The second-order valence-corrected chi connectivity index (χ2v) is 9.09. The van der Waals surface area contributed by atoms with E-state index in [0.29, 0.717) is 11.3 Å². The molecular formula is C20H19NO6S2. The number of sulfonamides is 1. The lowest BCUT2D eigenvalue weighted by atomic mass is 9.84. The van der Waals surface area contributed by atoms with Crippen LogP contribution in [0.1, 0.15) is 38.3 Å². The molecule has 0 fully saturated rings. The summed E-state index contributed by atoms with van der Waals surface area (Å²) in [6, 6.07) is 9.12. The van der Waals surface area contributed by atoms with Crippen LogP contribution in [0.2, 0.25) is 0 Å². The molecule has 1 N–H and O–H groups in total. The van der Waals surface area contributed by atoms with Crippen LogP contribution in [0.15, 0.2) is 47.4 Å².